The number of Topliss-reactive ketones (excluding diaryl/α,β-unsaturated/α-hetero) is 1. The van der Waals surface area contributed by atoms with Crippen LogP contribution in [0.15, 0.2) is 109 Å². The summed E-state index contributed by atoms with van der Waals surface area (Å²) in [6.07, 6.45) is 20.7. The highest BCUT2D eigenvalue weighted by Gasteiger charge is 2.34. The van der Waals surface area contributed by atoms with E-state index in [-0.39, 0.29) is 69.9 Å². The topological polar surface area (TPSA) is 72.5 Å². The maximum absolute atomic E-state index is 10.3. The number of ether oxygens (including phenoxy) is 4. The predicted octanol–water partition coefficient (Wildman–Crippen LogP) is 33.4. The highest BCUT2D eigenvalue weighted by Crippen LogP contribution is 2.48. The predicted molar refractivity (Wildman–Crippen MR) is 504 cm³/mol. The summed E-state index contributed by atoms with van der Waals surface area (Å²) in [5.74, 6) is 1.08. The van der Waals surface area contributed by atoms with Crippen molar-refractivity contribution < 1.29 is 40.8 Å². The number of para-hydroxylation sites is 1. The summed E-state index contributed by atoms with van der Waals surface area (Å²) in [6.45, 7) is 66.5. The van der Waals surface area contributed by atoms with Gasteiger partial charge in [0.1, 0.15) is 11.5 Å². The monoisotopic (exact) mass is 1570 g/mol. The number of thioether (sulfide) groups is 1. The molecule has 0 radical (unpaired) electrons. The van der Waals surface area contributed by atoms with Crippen LogP contribution in [0.4, 0.5) is 8.78 Å². The molecule has 0 spiro atoms. The highest BCUT2D eigenvalue weighted by molar-refractivity contribution is 7.97. The summed E-state index contributed by atoms with van der Waals surface area (Å²) >= 11 is 1.75. The standard InChI is InChI=1S/C15H14.C12H30OSi2.C7H8O.C7H8.C6H18OSi2.C6H12.C5H12.C4H10O.C3H6O.C3H8.C2H5F.2C2H6O.C2H6S.3C2H6.CH3F.7CH4/c1-15(2)13-9-5-3-7-11(13)12-8-4-6-10-14(12)15;1-7-9-11-14(3,4)13-15(5,6)12-10-8-2;1-8-7-5-3-2-4-6-7;1-7-5-3-2-4-6-7;1-8(2,3)7-9(4,5)6;1-2-4-6-5-3-1;1-5(2,3)4;1-3-4-5-2;1-3(2)4;1-3-2;1-2-3;3*1-3-2;4*1-2;;;;;;;/h3-10H,1-2H3;7-12H2,1-6H3;2-6H,1H3;2-6H,1H3;1-6H3;1-6H2;1-4H3;3-4H2,1-2H3;1-2H3;3H2,1-2H3;2H2,1H3;3*1-2H3;3*1-2H3;1H3;7*1H4. The van der Waals surface area contributed by atoms with Crippen molar-refractivity contribution in [3.05, 3.63) is 126 Å². The number of aryl methyl sites for hydroxylation is 1. The second-order valence-electron chi connectivity index (χ2n) is 27.3. The van der Waals surface area contributed by atoms with Crippen molar-refractivity contribution in [2.75, 3.05) is 75.6 Å². The Labute approximate surface area is 668 Å². The van der Waals surface area contributed by atoms with Crippen LogP contribution in [-0.4, -0.2) is 115 Å². The van der Waals surface area contributed by atoms with Gasteiger partial charge in [-0.2, -0.15) is 11.8 Å². The van der Waals surface area contributed by atoms with Crippen molar-refractivity contribution in [2.45, 2.75) is 357 Å². The zero-order chi connectivity index (χ0) is 79.0. The molecule has 2 aliphatic rings. The number of benzene rings is 4. The second-order valence-corrected chi connectivity index (χ2v) is 46.2. The Morgan fingerprint density at radius 1 is 0.471 bits per heavy atom. The molecule has 0 atom stereocenters. The first-order valence-electron chi connectivity index (χ1n) is 36.6. The van der Waals surface area contributed by atoms with Gasteiger partial charge >= 0.3 is 0 Å². The number of ketones is 1. The Morgan fingerprint density at radius 3 is 0.846 bits per heavy atom. The molecule has 0 saturated heterocycles. The first-order valence-corrected chi connectivity index (χ1v) is 51.3. The number of carbonyl (C=O) groups excluding carboxylic acids is 1. The van der Waals surface area contributed by atoms with Gasteiger partial charge in [0.15, 0.2) is 33.3 Å². The third-order valence-electron chi connectivity index (χ3n) is 10.7. The van der Waals surface area contributed by atoms with E-state index < -0.39 is 33.3 Å². The van der Waals surface area contributed by atoms with E-state index in [0.29, 0.717) is 12.6 Å². The molecule has 1 fully saturated rings. The smallest absolute Gasteiger partial charge is 0.173 e. The Morgan fingerprint density at radius 2 is 0.692 bits per heavy atom. The summed E-state index contributed by atoms with van der Waals surface area (Å²) in [5.41, 5.74) is 7.68. The first-order chi connectivity index (χ1) is 45.3. The number of fused-ring (bicyclic) bond motifs is 3. The number of halogens is 2. The molecule has 1 saturated carbocycles. The lowest BCUT2D eigenvalue weighted by atomic mass is 9.82. The van der Waals surface area contributed by atoms with Crippen molar-refractivity contribution in [1.82, 2.24) is 0 Å². The van der Waals surface area contributed by atoms with Crippen LogP contribution in [0, 0.1) is 12.3 Å². The molecule has 0 N–H and O–H groups in total. The minimum Gasteiger partial charge on any atom is -0.497 e. The van der Waals surface area contributed by atoms with Crippen molar-refractivity contribution in [3.8, 4) is 16.9 Å². The van der Waals surface area contributed by atoms with Gasteiger partial charge in [-0.3, -0.25) is 8.78 Å². The summed E-state index contributed by atoms with van der Waals surface area (Å²) in [7, 11) is 5.22. The fourth-order valence-electron chi connectivity index (χ4n) is 8.00. The first kappa shape index (κ1) is 150. The summed E-state index contributed by atoms with van der Waals surface area (Å²) in [6, 6.07) is 40.1. The maximum Gasteiger partial charge on any atom is 0.173 e. The Bertz CT molecular complexity index is 1930. The van der Waals surface area contributed by atoms with E-state index >= 15 is 0 Å². The third-order valence-corrected chi connectivity index (χ3v) is 23.2. The van der Waals surface area contributed by atoms with E-state index in [2.05, 4.69) is 219 Å². The molecule has 2 aliphatic carbocycles. The number of hydrogen-bond acceptors (Lipinski definition) is 8. The second kappa shape index (κ2) is 109. The van der Waals surface area contributed by atoms with Gasteiger partial charge in [-0.15, -0.1) is 0 Å². The molecule has 0 unspecified atom stereocenters. The van der Waals surface area contributed by atoms with Crippen LogP contribution in [0.3, 0.4) is 0 Å². The molecule has 6 rings (SSSR count). The molecule has 0 aromatic heterocycles. The lowest BCUT2D eigenvalue weighted by Gasteiger charge is -2.34. The van der Waals surface area contributed by atoms with Crippen LogP contribution in [0.2, 0.25) is 77.6 Å². The molecular weight excluding hydrogens is 1380 g/mol. The van der Waals surface area contributed by atoms with E-state index in [1.807, 2.05) is 103 Å². The molecule has 0 heterocycles. The Kier molecular flexibility index (Phi) is 157. The largest absolute Gasteiger partial charge is 0.497 e. The number of rotatable bonds is 13. The summed E-state index contributed by atoms with van der Waals surface area (Å²) < 4.78 is 50.3. The Balaban J connectivity index is -0.0000000449. The van der Waals surface area contributed by atoms with Crippen LogP contribution in [0.25, 0.3) is 11.1 Å². The van der Waals surface area contributed by atoms with Gasteiger partial charge in [0, 0.05) is 47.6 Å². The van der Waals surface area contributed by atoms with Crippen molar-refractivity contribution >= 4 is 50.8 Å². The van der Waals surface area contributed by atoms with E-state index in [4.69, 9.17) is 17.7 Å². The zero-order valence-electron chi connectivity index (χ0n) is 72.2. The van der Waals surface area contributed by atoms with Gasteiger partial charge in [-0.05, 0) is 164 Å². The summed E-state index contributed by atoms with van der Waals surface area (Å²) in [4.78, 5) is 9.44. The average Bonchev–Trinajstić information content (AvgIpc) is 1.59. The molecule has 636 valence electrons. The lowest BCUT2D eigenvalue weighted by molar-refractivity contribution is -0.115. The number of hydrogen-bond donors (Lipinski definition) is 0. The van der Waals surface area contributed by atoms with Gasteiger partial charge in [0.2, 0.25) is 0 Å². The summed E-state index contributed by atoms with van der Waals surface area (Å²) in [5, 5.41) is 0. The van der Waals surface area contributed by atoms with Crippen LogP contribution in [-0.2, 0) is 32.7 Å². The molecule has 0 bridgehead atoms. The van der Waals surface area contributed by atoms with Crippen molar-refractivity contribution in [1.29, 1.82) is 0 Å². The highest BCUT2D eigenvalue weighted by atomic mass is 32.2. The number of carbonyl (C=O) groups is 1. The minimum atomic E-state index is -1.35. The van der Waals surface area contributed by atoms with Crippen molar-refractivity contribution in [2.24, 2.45) is 5.41 Å². The van der Waals surface area contributed by atoms with E-state index in [0.717, 1.165) is 18.8 Å². The van der Waals surface area contributed by atoms with Crippen LogP contribution in [0.1, 0.15) is 284 Å². The Hall–Kier alpha value is -2.77. The van der Waals surface area contributed by atoms with Gasteiger partial charge < -0.3 is 32.0 Å². The van der Waals surface area contributed by atoms with Crippen molar-refractivity contribution in [3.63, 3.8) is 0 Å². The minimum absolute atomic E-state index is 0. The maximum atomic E-state index is 10.3. The number of methoxy groups -OCH3 is 4. The molecule has 7 nitrogen and oxygen atoms in total. The molecule has 0 amide bonds. The fourth-order valence-corrected chi connectivity index (χ4v) is 24.6. The van der Waals surface area contributed by atoms with E-state index in [1.54, 1.807) is 54.4 Å². The molecule has 0 aliphatic heterocycles. The number of unbranched alkanes of at least 4 members (excludes halogenated alkanes) is 2. The molecular formula is C90H198F2O7SSi4. The van der Waals surface area contributed by atoms with E-state index in [9.17, 15) is 13.6 Å². The van der Waals surface area contributed by atoms with Crippen LogP contribution < -0.4 is 4.74 Å². The van der Waals surface area contributed by atoms with Crippen LogP contribution in [0.5, 0.6) is 5.75 Å². The number of alkyl halides is 2. The van der Waals surface area contributed by atoms with Gasteiger partial charge in [0.25, 0.3) is 0 Å². The van der Waals surface area contributed by atoms with Gasteiger partial charge in [-0.25, -0.2) is 0 Å². The fraction of sp³-hybridized carbons (Fsp3) is 0.722. The molecule has 104 heavy (non-hydrogen) atoms. The normalized spacial score (nSPS) is 10.4. The average molecular weight is 1570 g/mol. The van der Waals surface area contributed by atoms with Crippen LogP contribution >= 0.6 is 11.8 Å². The molecule has 4 aromatic rings. The lowest BCUT2D eigenvalue weighted by Crippen LogP contribution is -2.44. The van der Waals surface area contributed by atoms with E-state index in [1.165, 1.54) is 131 Å². The molecule has 14 heteroatoms. The van der Waals surface area contributed by atoms with Gasteiger partial charge in [0.05, 0.1) is 21.0 Å². The zero-order valence-corrected chi connectivity index (χ0v) is 77.0. The molecule has 4 aromatic carbocycles. The van der Waals surface area contributed by atoms with Gasteiger partial charge in [-0.1, -0.05) is 343 Å². The third kappa shape index (κ3) is 138. The quantitative estimate of drug-likeness (QED) is 0.123. The SMILES string of the molecule is C.C.C.C.C.C.C.C1CCCCC1.CC.CC.CC.CC(C)(C)C.CC(C)=O.CC1(C)c2ccccc2-c2ccccc21.CCC.CCCC[Si](C)(C)O[Si](C)(C)CCCC.CCCOC.CCF.CF.COC.COC.COc1ccccc1.CSC.C[Si](C)(C)O[Si](C)(C)C.Cc1ccccc1.